The highest BCUT2D eigenvalue weighted by Gasteiger charge is 2.46. The number of ketones is 1. The molecular weight excluding hydrogens is 432 g/mol. The molecule has 0 saturated carbocycles. The van der Waals surface area contributed by atoms with Crippen LogP contribution in [-0.4, -0.2) is 66.0 Å². The van der Waals surface area contributed by atoms with Crippen molar-refractivity contribution in [1.82, 2.24) is 9.80 Å². The van der Waals surface area contributed by atoms with Crippen LogP contribution in [0.3, 0.4) is 0 Å². The van der Waals surface area contributed by atoms with Crippen molar-refractivity contribution in [2.24, 2.45) is 0 Å². The standard InChI is InChI=1S/C27H34N2O5/c1-5-28(6-2)16-17-29-24(19-12-10-9-11-13-19)23(26(31)27(29)32)25(30)21-15-14-20(33-7-3)18-22(21)34-8-4/h9-15,18,24,30H,5-8,16-17H2,1-4H3/b25-23-. The molecule has 182 valence electrons. The predicted molar refractivity (Wildman–Crippen MR) is 132 cm³/mol. The van der Waals surface area contributed by atoms with Crippen LogP contribution in [0.2, 0.25) is 0 Å². The molecule has 1 fully saturated rings. The van der Waals surface area contributed by atoms with Crippen LogP contribution in [0.5, 0.6) is 11.5 Å². The Morgan fingerprint density at radius 2 is 1.65 bits per heavy atom. The second-order valence-electron chi connectivity index (χ2n) is 7.95. The van der Waals surface area contributed by atoms with Crippen molar-refractivity contribution in [2.75, 3.05) is 39.4 Å². The molecule has 1 atom stereocenters. The molecule has 2 aromatic carbocycles. The third-order valence-corrected chi connectivity index (χ3v) is 6.03. The number of amides is 1. The van der Waals surface area contributed by atoms with Gasteiger partial charge in [0.15, 0.2) is 0 Å². The van der Waals surface area contributed by atoms with Crippen LogP contribution in [0.1, 0.15) is 44.9 Å². The van der Waals surface area contributed by atoms with E-state index in [1.165, 1.54) is 0 Å². The van der Waals surface area contributed by atoms with Crippen LogP contribution >= 0.6 is 0 Å². The summed E-state index contributed by atoms with van der Waals surface area (Å²) in [6.45, 7) is 11.4. The molecule has 0 radical (unpaired) electrons. The van der Waals surface area contributed by atoms with Crippen molar-refractivity contribution in [3.63, 3.8) is 0 Å². The molecule has 2 aromatic rings. The highest BCUT2D eigenvalue weighted by Crippen LogP contribution is 2.41. The van der Waals surface area contributed by atoms with E-state index in [2.05, 4.69) is 18.7 Å². The molecule has 0 aromatic heterocycles. The number of hydrogen-bond donors (Lipinski definition) is 1. The van der Waals surface area contributed by atoms with Gasteiger partial charge in [-0.15, -0.1) is 0 Å². The highest BCUT2D eigenvalue weighted by atomic mass is 16.5. The Kier molecular flexibility index (Phi) is 8.71. The number of likely N-dealkylation sites (N-methyl/N-ethyl adjacent to an activating group) is 1. The van der Waals surface area contributed by atoms with E-state index in [9.17, 15) is 14.7 Å². The largest absolute Gasteiger partial charge is 0.507 e. The monoisotopic (exact) mass is 466 g/mol. The van der Waals surface area contributed by atoms with Gasteiger partial charge in [0, 0.05) is 19.2 Å². The van der Waals surface area contributed by atoms with Gasteiger partial charge in [0.2, 0.25) is 0 Å². The average Bonchev–Trinajstić information content (AvgIpc) is 3.10. The maximum atomic E-state index is 13.2. The second kappa shape index (κ2) is 11.7. The Hall–Kier alpha value is -3.32. The Bertz CT molecular complexity index is 1030. The summed E-state index contributed by atoms with van der Waals surface area (Å²) < 4.78 is 11.3. The van der Waals surface area contributed by atoms with Gasteiger partial charge in [-0.05, 0) is 44.6 Å². The van der Waals surface area contributed by atoms with Crippen molar-refractivity contribution in [1.29, 1.82) is 0 Å². The van der Waals surface area contributed by atoms with E-state index in [4.69, 9.17) is 9.47 Å². The zero-order valence-corrected chi connectivity index (χ0v) is 20.4. The molecule has 1 aliphatic heterocycles. The first kappa shape index (κ1) is 25.3. The molecule has 34 heavy (non-hydrogen) atoms. The topological polar surface area (TPSA) is 79.3 Å². The molecule has 1 amide bonds. The zero-order chi connectivity index (χ0) is 24.7. The van der Waals surface area contributed by atoms with Crippen molar-refractivity contribution in [3.8, 4) is 11.5 Å². The van der Waals surface area contributed by atoms with Gasteiger partial charge < -0.3 is 24.4 Å². The number of aliphatic hydroxyl groups is 1. The molecule has 0 spiro atoms. The second-order valence-corrected chi connectivity index (χ2v) is 7.95. The first-order valence-electron chi connectivity index (χ1n) is 11.9. The maximum absolute atomic E-state index is 13.2. The lowest BCUT2D eigenvalue weighted by atomic mass is 9.95. The van der Waals surface area contributed by atoms with Gasteiger partial charge in [0.05, 0.1) is 30.4 Å². The van der Waals surface area contributed by atoms with Gasteiger partial charge in [-0.1, -0.05) is 44.2 Å². The number of Topliss-reactive ketones (excluding diaryl/α,β-unsaturated/α-hetero) is 1. The van der Waals surface area contributed by atoms with Crippen LogP contribution in [0.15, 0.2) is 54.1 Å². The van der Waals surface area contributed by atoms with Crippen molar-refractivity contribution in [2.45, 2.75) is 33.7 Å². The predicted octanol–water partition coefficient (Wildman–Crippen LogP) is 4.25. The summed E-state index contributed by atoms with van der Waals surface area (Å²) in [7, 11) is 0. The molecule has 3 rings (SSSR count). The molecule has 1 saturated heterocycles. The molecule has 0 bridgehead atoms. The van der Waals surface area contributed by atoms with Gasteiger partial charge in [-0.25, -0.2) is 0 Å². The number of likely N-dealkylation sites (tertiary alicyclic amines) is 1. The van der Waals surface area contributed by atoms with E-state index < -0.39 is 17.7 Å². The Morgan fingerprint density at radius 1 is 0.971 bits per heavy atom. The number of aliphatic hydroxyl groups excluding tert-OH is 1. The van der Waals surface area contributed by atoms with Crippen molar-refractivity contribution < 1.29 is 24.2 Å². The van der Waals surface area contributed by atoms with Gasteiger partial charge in [-0.3, -0.25) is 9.59 Å². The zero-order valence-electron chi connectivity index (χ0n) is 20.4. The number of rotatable bonds is 11. The van der Waals surface area contributed by atoms with Crippen LogP contribution < -0.4 is 9.47 Å². The fourth-order valence-corrected chi connectivity index (χ4v) is 4.26. The maximum Gasteiger partial charge on any atom is 0.295 e. The SMILES string of the molecule is CCOc1ccc(/C(O)=C2/C(=O)C(=O)N(CCN(CC)CC)C2c2ccccc2)c(OCC)c1. The van der Waals surface area contributed by atoms with E-state index >= 15 is 0 Å². The summed E-state index contributed by atoms with van der Waals surface area (Å²) >= 11 is 0. The van der Waals surface area contributed by atoms with Crippen LogP contribution in [-0.2, 0) is 9.59 Å². The first-order valence-corrected chi connectivity index (χ1v) is 11.9. The summed E-state index contributed by atoms with van der Waals surface area (Å²) in [5, 5.41) is 11.4. The summed E-state index contributed by atoms with van der Waals surface area (Å²) in [5.74, 6) is -0.549. The van der Waals surface area contributed by atoms with Crippen molar-refractivity contribution >= 4 is 17.4 Å². The van der Waals surface area contributed by atoms with Crippen LogP contribution in [0.4, 0.5) is 0 Å². The van der Waals surface area contributed by atoms with E-state index in [-0.39, 0.29) is 11.3 Å². The lowest BCUT2D eigenvalue weighted by Gasteiger charge is -2.28. The van der Waals surface area contributed by atoms with Crippen LogP contribution in [0, 0.1) is 0 Å². The van der Waals surface area contributed by atoms with E-state index in [0.717, 1.165) is 18.7 Å². The Labute approximate surface area is 201 Å². The Morgan fingerprint density at radius 3 is 2.26 bits per heavy atom. The minimum Gasteiger partial charge on any atom is -0.507 e. The van der Waals surface area contributed by atoms with Gasteiger partial charge >= 0.3 is 0 Å². The van der Waals surface area contributed by atoms with Crippen molar-refractivity contribution in [3.05, 3.63) is 65.2 Å². The molecule has 1 N–H and O–H groups in total. The quantitative estimate of drug-likeness (QED) is 0.303. The van der Waals surface area contributed by atoms with E-state index in [1.807, 2.05) is 44.2 Å². The third kappa shape index (κ3) is 5.25. The summed E-state index contributed by atoms with van der Waals surface area (Å²) in [5.41, 5.74) is 1.19. The number of carbonyl (C=O) groups is 2. The molecule has 1 aliphatic rings. The van der Waals surface area contributed by atoms with E-state index in [0.29, 0.717) is 43.4 Å². The normalized spacial score (nSPS) is 17.4. The molecule has 7 nitrogen and oxygen atoms in total. The number of hydrogen-bond acceptors (Lipinski definition) is 6. The minimum atomic E-state index is -0.692. The fourth-order valence-electron chi connectivity index (χ4n) is 4.26. The van der Waals surface area contributed by atoms with Gasteiger partial charge in [0.1, 0.15) is 17.3 Å². The minimum absolute atomic E-state index is 0.0702. The molecule has 1 unspecified atom stereocenters. The van der Waals surface area contributed by atoms with Crippen LogP contribution in [0.25, 0.3) is 5.76 Å². The first-order chi connectivity index (χ1) is 16.5. The highest BCUT2D eigenvalue weighted by molar-refractivity contribution is 6.46. The summed E-state index contributed by atoms with van der Waals surface area (Å²) in [4.78, 5) is 30.1. The number of benzene rings is 2. The molecule has 7 heteroatoms. The smallest absolute Gasteiger partial charge is 0.295 e. The number of nitrogens with zero attached hydrogens (tertiary/aromatic N) is 2. The lowest BCUT2D eigenvalue weighted by Crippen LogP contribution is -2.38. The molecular formula is C27H34N2O5. The Balaban J connectivity index is 2.12. The van der Waals surface area contributed by atoms with E-state index in [1.54, 1.807) is 23.1 Å². The summed E-state index contributed by atoms with van der Waals surface area (Å²) in [6, 6.07) is 13.7. The number of carbonyl (C=O) groups excluding carboxylic acids is 2. The lowest BCUT2D eigenvalue weighted by molar-refractivity contribution is -0.140. The average molecular weight is 467 g/mol. The third-order valence-electron chi connectivity index (χ3n) is 6.03. The molecule has 0 aliphatic carbocycles. The van der Waals surface area contributed by atoms with Gasteiger partial charge in [-0.2, -0.15) is 0 Å². The van der Waals surface area contributed by atoms with Gasteiger partial charge in [0.25, 0.3) is 11.7 Å². The number of ether oxygens (including phenoxy) is 2. The fraction of sp³-hybridized carbons (Fsp3) is 0.407. The molecule has 1 heterocycles. The summed E-state index contributed by atoms with van der Waals surface area (Å²) in [6.07, 6.45) is 0.